The zero-order valence-corrected chi connectivity index (χ0v) is 9.81. The molecule has 2 nitrogen and oxygen atoms in total. The van der Waals surface area contributed by atoms with E-state index in [0.29, 0.717) is 12.0 Å². The number of hydrogen-bond acceptors (Lipinski definition) is 2. The SMILES string of the molecule is CC(C)c1c(O)cc2c(c1F)CCNCC2. The maximum Gasteiger partial charge on any atom is 0.133 e. The Hall–Kier alpha value is -1.09. The molecule has 1 aliphatic heterocycles. The van der Waals surface area contributed by atoms with Crippen molar-refractivity contribution >= 4 is 0 Å². The summed E-state index contributed by atoms with van der Waals surface area (Å²) in [5.41, 5.74) is 2.19. The first kappa shape index (κ1) is 11.4. The van der Waals surface area contributed by atoms with Crippen LogP contribution in [-0.2, 0) is 12.8 Å². The van der Waals surface area contributed by atoms with Gasteiger partial charge in [0.1, 0.15) is 11.6 Å². The Morgan fingerprint density at radius 1 is 1.31 bits per heavy atom. The largest absolute Gasteiger partial charge is 0.508 e. The fourth-order valence-corrected chi connectivity index (χ4v) is 2.35. The third-order valence-corrected chi connectivity index (χ3v) is 3.18. The summed E-state index contributed by atoms with van der Waals surface area (Å²) in [6, 6.07) is 1.74. The highest BCUT2D eigenvalue weighted by molar-refractivity contribution is 5.45. The Bertz CT molecular complexity index is 401. The van der Waals surface area contributed by atoms with Crippen molar-refractivity contribution in [1.29, 1.82) is 0 Å². The fourth-order valence-electron chi connectivity index (χ4n) is 2.35. The van der Waals surface area contributed by atoms with Gasteiger partial charge in [0.15, 0.2) is 0 Å². The normalized spacial score (nSPS) is 16.0. The molecule has 1 heterocycles. The van der Waals surface area contributed by atoms with E-state index in [4.69, 9.17) is 0 Å². The zero-order chi connectivity index (χ0) is 11.7. The first-order valence-corrected chi connectivity index (χ1v) is 5.85. The van der Waals surface area contributed by atoms with E-state index in [1.807, 2.05) is 13.8 Å². The average molecular weight is 223 g/mol. The van der Waals surface area contributed by atoms with E-state index in [-0.39, 0.29) is 17.5 Å². The summed E-state index contributed by atoms with van der Waals surface area (Å²) in [6.07, 6.45) is 1.50. The molecule has 0 atom stereocenters. The highest BCUT2D eigenvalue weighted by atomic mass is 19.1. The van der Waals surface area contributed by atoms with Crippen molar-refractivity contribution in [3.63, 3.8) is 0 Å². The number of aromatic hydroxyl groups is 1. The van der Waals surface area contributed by atoms with E-state index in [9.17, 15) is 9.50 Å². The summed E-state index contributed by atoms with van der Waals surface area (Å²) in [4.78, 5) is 0. The third kappa shape index (κ3) is 1.92. The molecule has 0 bridgehead atoms. The minimum atomic E-state index is -0.200. The Morgan fingerprint density at radius 3 is 2.69 bits per heavy atom. The van der Waals surface area contributed by atoms with E-state index in [0.717, 1.165) is 30.6 Å². The van der Waals surface area contributed by atoms with Crippen molar-refractivity contribution in [2.24, 2.45) is 0 Å². The fraction of sp³-hybridized carbons (Fsp3) is 0.538. The van der Waals surface area contributed by atoms with Crippen LogP contribution in [0.15, 0.2) is 6.07 Å². The van der Waals surface area contributed by atoms with Gasteiger partial charge in [0.25, 0.3) is 0 Å². The number of phenolic OH excluding ortho intramolecular Hbond substituents is 1. The van der Waals surface area contributed by atoms with Crippen LogP contribution < -0.4 is 5.32 Å². The second-order valence-corrected chi connectivity index (χ2v) is 4.67. The molecule has 2 N–H and O–H groups in total. The first-order valence-electron chi connectivity index (χ1n) is 5.85. The van der Waals surface area contributed by atoms with Crippen molar-refractivity contribution in [1.82, 2.24) is 5.32 Å². The van der Waals surface area contributed by atoms with Crippen LogP contribution in [0.25, 0.3) is 0 Å². The van der Waals surface area contributed by atoms with Gasteiger partial charge < -0.3 is 10.4 Å². The lowest BCUT2D eigenvalue weighted by atomic mass is 9.93. The number of fused-ring (bicyclic) bond motifs is 1. The maximum absolute atomic E-state index is 14.3. The zero-order valence-electron chi connectivity index (χ0n) is 9.81. The van der Waals surface area contributed by atoms with Gasteiger partial charge in [0, 0.05) is 5.56 Å². The molecule has 0 unspecified atom stereocenters. The highest BCUT2D eigenvalue weighted by Crippen LogP contribution is 2.33. The topological polar surface area (TPSA) is 32.3 Å². The lowest BCUT2D eigenvalue weighted by molar-refractivity contribution is 0.451. The number of benzene rings is 1. The predicted octanol–water partition coefficient (Wildman–Crippen LogP) is 2.34. The maximum atomic E-state index is 14.3. The van der Waals surface area contributed by atoms with Crippen LogP contribution in [0, 0.1) is 5.82 Å². The molecule has 0 aliphatic carbocycles. The minimum Gasteiger partial charge on any atom is -0.508 e. The van der Waals surface area contributed by atoms with Crippen molar-refractivity contribution in [3.8, 4) is 5.75 Å². The molecule has 0 aromatic heterocycles. The summed E-state index contributed by atoms with van der Waals surface area (Å²) in [6.45, 7) is 5.47. The van der Waals surface area contributed by atoms with Crippen LogP contribution in [-0.4, -0.2) is 18.2 Å². The molecule has 2 rings (SSSR count). The molecule has 1 aromatic carbocycles. The quantitative estimate of drug-likeness (QED) is 0.766. The molecule has 0 amide bonds. The number of hydrogen-bond donors (Lipinski definition) is 2. The molecule has 0 spiro atoms. The Balaban J connectivity index is 2.56. The first-order chi connectivity index (χ1) is 7.61. The number of nitrogens with one attached hydrogen (secondary N) is 1. The van der Waals surface area contributed by atoms with Crippen molar-refractivity contribution < 1.29 is 9.50 Å². The van der Waals surface area contributed by atoms with Crippen LogP contribution >= 0.6 is 0 Å². The van der Waals surface area contributed by atoms with E-state index >= 15 is 0 Å². The van der Waals surface area contributed by atoms with Gasteiger partial charge in [-0.2, -0.15) is 0 Å². The molecule has 16 heavy (non-hydrogen) atoms. The molecule has 0 fully saturated rings. The van der Waals surface area contributed by atoms with E-state index in [2.05, 4.69) is 5.32 Å². The highest BCUT2D eigenvalue weighted by Gasteiger charge is 2.20. The molecule has 1 aliphatic rings. The van der Waals surface area contributed by atoms with Crippen LogP contribution in [0.4, 0.5) is 4.39 Å². The number of rotatable bonds is 1. The van der Waals surface area contributed by atoms with E-state index in [1.54, 1.807) is 6.07 Å². The Labute approximate surface area is 95.5 Å². The molecule has 88 valence electrons. The predicted molar refractivity (Wildman–Crippen MR) is 62.4 cm³/mol. The average Bonchev–Trinajstić information content (AvgIpc) is 2.42. The molecule has 1 aromatic rings. The van der Waals surface area contributed by atoms with Gasteiger partial charge in [0.05, 0.1) is 0 Å². The molecular weight excluding hydrogens is 205 g/mol. The molecule has 0 saturated heterocycles. The van der Waals surface area contributed by atoms with Gasteiger partial charge in [-0.15, -0.1) is 0 Å². The van der Waals surface area contributed by atoms with Crippen molar-refractivity contribution in [3.05, 3.63) is 28.6 Å². The van der Waals surface area contributed by atoms with Crippen LogP contribution in [0.1, 0.15) is 36.5 Å². The third-order valence-electron chi connectivity index (χ3n) is 3.18. The number of halogens is 1. The van der Waals surface area contributed by atoms with Crippen molar-refractivity contribution in [2.45, 2.75) is 32.6 Å². The lowest BCUT2D eigenvalue weighted by Crippen LogP contribution is -2.16. The van der Waals surface area contributed by atoms with Gasteiger partial charge in [-0.05, 0) is 49.0 Å². The molecular formula is C13H18FNO. The summed E-state index contributed by atoms with van der Waals surface area (Å²) < 4.78 is 14.3. The summed E-state index contributed by atoms with van der Waals surface area (Å²) in [7, 11) is 0. The molecule has 3 heteroatoms. The second kappa shape index (κ2) is 4.42. The summed E-state index contributed by atoms with van der Waals surface area (Å²) in [5, 5.41) is 13.1. The molecule has 0 saturated carbocycles. The van der Waals surface area contributed by atoms with Gasteiger partial charge in [-0.25, -0.2) is 4.39 Å². The number of phenols is 1. The van der Waals surface area contributed by atoms with Gasteiger partial charge >= 0.3 is 0 Å². The van der Waals surface area contributed by atoms with Gasteiger partial charge in [-0.1, -0.05) is 13.8 Å². The molecule has 0 radical (unpaired) electrons. The summed E-state index contributed by atoms with van der Waals surface area (Å²) in [5.74, 6) is -0.0802. The smallest absolute Gasteiger partial charge is 0.133 e. The van der Waals surface area contributed by atoms with Crippen LogP contribution in [0.3, 0.4) is 0 Å². The second-order valence-electron chi connectivity index (χ2n) is 4.67. The Morgan fingerprint density at radius 2 is 2.00 bits per heavy atom. The van der Waals surface area contributed by atoms with Gasteiger partial charge in [-0.3, -0.25) is 0 Å². The van der Waals surface area contributed by atoms with Gasteiger partial charge in [0.2, 0.25) is 0 Å². The monoisotopic (exact) mass is 223 g/mol. The van der Waals surface area contributed by atoms with Crippen LogP contribution in [0.2, 0.25) is 0 Å². The minimum absolute atomic E-state index is 0.0153. The van der Waals surface area contributed by atoms with E-state index < -0.39 is 0 Å². The Kier molecular flexibility index (Phi) is 3.15. The van der Waals surface area contributed by atoms with Crippen molar-refractivity contribution in [2.75, 3.05) is 13.1 Å². The van der Waals surface area contributed by atoms with Crippen LogP contribution in [0.5, 0.6) is 5.75 Å². The summed E-state index contributed by atoms with van der Waals surface area (Å²) >= 11 is 0. The standard InChI is InChI=1S/C13H18FNO/c1-8(2)12-11(16)7-9-3-5-15-6-4-10(9)13(12)14/h7-8,15-16H,3-6H2,1-2H3. The van der Waals surface area contributed by atoms with E-state index in [1.165, 1.54) is 0 Å². The lowest BCUT2D eigenvalue weighted by Gasteiger charge is -2.15.